The van der Waals surface area contributed by atoms with Crippen LogP contribution in [0, 0.1) is 5.82 Å². The van der Waals surface area contributed by atoms with Gasteiger partial charge in [-0.1, -0.05) is 23.9 Å². The summed E-state index contributed by atoms with van der Waals surface area (Å²) >= 11 is 1.18. The van der Waals surface area contributed by atoms with Crippen molar-refractivity contribution in [3.8, 4) is 11.5 Å². The van der Waals surface area contributed by atoms with Gasteiger partial charge in [0.1, 0.15) is 5.82 Å². The molecule has 0 spiro atoms. The summed E-state index contributed by atoms with van der Waals surface area (Å²) in [5, 5.41) is 8.22. The molecule has 1 unspecified atom stereocenters. The van der Waals surface area contributed by atoms with E-state index in [1.807, 2.05) is 13.0 Å². The van der Waals surface area contributed by atoms with E-state index in [0.717, 1.165) is 11.1 Å². The van der Waals surface area contributed by atoms with Gasteiger partial charge in [0.2, 0.25) is 11.8 Å². The molecule has 134 valence electrons. The Kier molecular flexibility index (Phi) is 5.62. The van der Waals surface area contributed by atoms with Crippen LogP contribution in [-0.4, -0.2) is 38.8 Å². The molecule has 0 bridgehead atoms. The van der Waals surface area contributed by atoms with Crippen LogP contribution in [0.5, 0.6) is 0 Å². The number of carbonyl (C=O) groups excluding carboxylic acids is 1. The maximum Gasteiger partial charge on any atom is 0.277 e. The highest BCUT2D eigenvalue weighted by Crippen LogP contribution is 2.24. The lowest BCUT2D eigenvalue weighted by molar-refractivity contribution is -0.128. The molecule has 1 atom stereocenters. The van der Waals surface area contributed by atoms with Crippen LogP contribution in [0.1, 0.15) is 18.5 Å². The lowest BCUT2D eigenvalue weighted by atomic mass is 10.1. The topological polar surface area (TPSA) is 72.1 Å². The highest BCUT2D eigenvalue weighted by atomic mass is 32.2. The van der Waals surface area contributed by atoms with Gasteiger partial charge in [-0.3, -0.25) is 9.78 Å². The fourth-order valence-electron chi connectivity index (χ4n) is 2.28. The van der Waals surface area contributed by atoms with Crippen LogP contribution in [0.15, 0.2) is 58.4 Å². The Morgan fingerprint density at radius 3 is 2.73 bits per heavy atom. The summed E-state index contributed by atoms with van der Waals surface area (Å²) < 4.78 is 18.6. The van der Waals surface area contributed by atoms with Crippen LogP contribution < -0.4 is 0 Å². The third kappa shape index (κ3) is 4.26. The number of pyridine rings is 1. The zero-order chi connectivity index (χ0) is 18.5. The number of rotatable bonds is 6. The molecule has 0 fully saturated rings. The van der Waals surface area contributed by atoms with Gasteiger partial charge in [-0.05, 0) is 36.8 Å². The number of hydrogen-bond donors (Lipinski definition) is 0. The van der Waals surface area contributed by atoms with E-state index < -0.39 is 0 Å². The molecule has 1 aromatic carbocycles. The second-order valence-electron chi connectivity index (χ2n) is 5.64. The molecule has 2 aromatic heterocycles. The number of halogens is 1. The minimum absolute atomic E-state index is 0.0899. The first-order chi connectivity index (χ1) is 12.5. The van der Waals surface area contributed by atoms with E-state index >= 15 is 0 Å². The molecule has 3 rings (SSSR count). The summed E-state index contributed by atoms with van der Waals surface area (Å²) in [6, 6.07) is 9.55. The first-order valence-electron chi connectivity index (χ1n) is 7.92. The minimum atomic E-state index is -0.300. The summed E-state index contributed by atoms with van der Waals surface area (Å²) in [6.45, 7) is 1.89. The first-order valence-corrected chi connectivity index (χ1v) is 8.91. The van der Waals surface area contributed by atoms with E-state index in [4.69, 9.17) is 4.42 Å². The van der Waals surface area contributed by atoms with Crippen molar-refractivity contribution in [1.29, 1.82) is 0 Å². The van der Waals surface area contributed by atoms with Crippen molar-refractivity contribution in [2.45, 2.75) is 18.2 Å². The Hall–Kier alpha value is -2.74. The summed E-state index contributed by atoms with van der Waals surface area (Å²) in [5.74, 6) is 0.136. The van der Waals surface area contributed by atoms with Crippen molar-refractivity contribution in [1.82, 2.24) is 20.1 Å². The molecule has 0 aliphatic heterocycles. The lowest BCUT2D eigenvalue weighted by Gasteiger charge is -2.25. The number of aromatic nitrogens is 3. The summed E-state index contributed by atoms with van der Waals surface area (Å²) in [5.41, 5.74) is 1.59. The summed E-state index contributed by atoms with van der Waals surface area (Å²) in [6.07, 6.45) is 3.29. The van der Waals surface area contributed by atoms with Gasteiger partial charge in [0, 0.05) is 19.4 Å². The molecular formula is C18H17FN4O2S. The van der Waals surface area contributed by atoms with Crippen LogP contribution in [0.2, 0.25) is 0 Å². The molecule has 26 heavy (non-hydrogen) atoms. The molecule has 8 heteroatoms. The molecule has 0 saturated carbocycles. The van der Waals surface area contributed by atoms with E-state index in [0.29, 0.717) is 11.1 Å². The monoisotopic (exact) mass is 372 g/mol. The highest BCUT2D eigenvalue weighted by molar-refractivity contribution is 7.99. The van der Waals surface area contributed by atoms with Crippen LogP contribution in [0.25, 0.3) is 11.5 Å². The number of nitrogens with zero attached hydrogens (tertiary/aromatic N) is 4. The van der Waals surface area contributed by atoms with Crippen LogP contribution in [0.4, 0.5) is 4.39 Å². The Labute approximate surface area is 154 Å². The van der Waals surface area contributed by atoms with Crippen molar-refractivity contribution in [3.63, 3.8) is 0 Å². The third-order valence-corrected chi connectivity index (χ3v) is 4.76. The van der Waals surface area contributed by atoms with E-state index in [2.05, 4.69) is 15.2 Å². The van der Waals surface area contributed by atoms with E-state index in [9.17, 15) is 9.18 Å². The van der Waals surface area contributed by atoms with Crippen molar-refractivity contribution < 1.29 is 13.6 Å². The van der Waals surface area contributed by atoms with Gasteiger partial charge in [-0.25, -0.2) is 4.39 Å². The summed E-state index contributed by atoms with van der Waals surface area (Å²) in [7, 11) is 1.71. The minimum Gasteiger partial charge on any atom is -0.411 e. The second-order valence-corrected chi connectivity index (χ2v) is 6.56. The Bertz CT molecular complexity index is 870. The Morgan fingerprint density at radius 2 is 2.04 bits per heavy atom. The fourth-order valence-corrected chi connectivity index (χ4v) is 2.97. The quantitative estimate of drug-likeness (QED) is 0.616. The van der Waals surface area contributed by atoms with Crippen molar-refractivity contribution >= 4 is 17.7 Å². The van der Waals surface area contributed by atoms with Crippen molar-refractivity contribution in [2.24, 2.45) is 0 Å². The summed E-state index contributed by atoms with van der Waals surface area (Å²) in [4.78, 5) is 18.0. The van der Waals surface area contributed by atoms with Crippen molar-refractivity contribution in [2.75, 3.05) is 12.8 Å². The molecule has 0 N–H and O–H groups in total. The van der Waals surface area contributed by atoms with E-state index in [1.165, 1.54) is 23.9 Å². The average Bonchev–Trinajstić information content (AvgIpc) is 3.15. The lowest BCUT2D eigenvalue weighted by Crippen LogP contribution is -2.31. The smallest absolute Gasteiger partial charge is 0.277 e. The molecule has 0 saturated heterocycles. The molecule has 0 aliphatic carbocycles. The molecule has 0 aliphatic rings. The number of benzene rings is 1. The van der Waals surface area contributed by atoms with Gasteiger partial charge in [0.25, 0.3) is 5.22 Å². The molecule has 0 radical (unpaired) electrons. The molecule has 3 aromatic rings. The van der Waals surface area contributed by atoms with Gasteiger partial charge >= 0.3 is 0 Å². The van der Waals surface area contributed by atoms with Gasteiger partial charge in [-0.15, -0.1) is 10.2 Å². The average molecular weight is 372 g/mol. The fraction of sp³-hybridized carbons (Fsp3) is 0.222. The van der Waals surface area contributed by atoms with Crippen LogP contribution >= 0.6 is 11.8 Å². The first kappa shape index (κ1) is 18.1. The molecular weight excluding hydrogens is 355 g/mol. The number of hydrogen-bond acceptors (Lipinski definition) is 6. The maximum absolute atomic E-state index is 13.0. The SMILES string of the molecule is CC(c1ccc(F)cc1)N(C)C(=O)CSc1nnc(-c2cccnc2)o1. The zero-order valence-corrected chi connectivity index (χ0v) is 15.1. The predicted molar refractivity (Wildman–Crippen MR) is 95.8 cm³/mol. The van der Waals surface area contributed by atoms with Gasteiger partial charge in [0.05, 0.1) is 17.4 Å². The highest BCUT2D eigenvalue weighted by Gasteiger charge is 2.19. The predicted octanol–water partition coefficient (Wildman–Crippen LogP) is 3.58. The molecule has 6 nitrogen and oxygen atoms in total. The third-order valence-electron chi connectivity index (χ3n) is 3.96. The van der Waals surface area contributed by atoms with Gasteiger partial charge in [0.15, 0.2) is 0 Å². The largest absolute Gasteiger partial charge is 0.411 e. The normalized spacial score (nSPS) is 12.0. The van der Waals surface area contributed by atoms with Gasteiger partial charge < -0.3 is 9.32 Å². The maximum atomic E-state index is 13.0. The zero-order valence-electron chi connectivity index (χ0n) is 14.3. The second kappa shape index (κ2) is 8.09. The van der Waals surface area contributed by atoms with E-state index in [1.54, 1.807) is 42.5 Å². The molecule has 1 amide bonds. The Morgan fingerprint density at radius 1 is 1.27 bits per heavy atom. The number of amides is 1. The standard InChI is InChI=1S/C18H17FN4O2S/c1-12(13-5-7-15(19)8-6-13)23(2)16(24)11-26-18-22-21-17(25-18)14-4-3-9-20-10-14/h3-10,12H,11H2,1-2H3. The van der Waals surface area contributed by atoms with Crippen LogP contribution in [-0.2, 0) is 4.79 Å². The number of thioether (sulfide) groups is 1. The molecule has 2 heterocycles. The Balaban J connectivity index is 1.58. The van der Waals surface area contributed by atoms with Gasteiger partial charge in [-0.2, -0.15) is 0 Å². The number of carbonyl (C=O) groups is 1. The van der Waals surface area contributed by atoms with E-state index in [-0.39, 0.29) is 23.5 Å². The van der Waals surface area contributed by atoms with Crippen molar-refractivity contribution in [3.05, 3.63) is 60.2 Å². The van der Waals surface area contributed by atoms with Crippen LogP contribution in [0.3, 0.4) is 0 Å².